The SMILES string of the molecule is CC1Cc2ccccc2N1C(=O)Cn1cnc2ncccc2c1=O. The summed E-state index contributed by atoms with van der Waals surface area (Å²) in [5.74, 6) is -0.111. The molecule has 1 unspecified atom stereocenters. The van der Waals surface area contributed by atoms with Crippen LogP contribution in [0.25, 0.3) is 11.0 Å². The fraction of sp³-hybridized carbons (Fsp3) is 0.222. The molecule has 0 saturated heterocycles. The zero-order chi connectivity index (χ0) is 16.7. The van der Waals surface area contributed by atoms with Gasteiger partial charge in [0.2, 0.25) is 5.91 Å². The van der Waals surface area contributed by atoms with Crippen LogP contribution in [0.2, 0.25) is 0 Å². The van der Waals surface area contributed by atoms with Crippen LogP contribution in [0.3, 0.4) is 0 Å². The molecule has 0 saturated carbocycles. The normalized spacial score (nSPS) is 16.4. The number of pyridine rings is 1. The minimum Gasteiger partial charge on any atom is -0.307 e. The van der Waals surface area contributed by atoms with Crippen LogP contribution in [0.4, 0.5) is 5.69 Å². The van der Waals surface area contributed by atoms with Crippen molar-refractivity contribution in [2.45, 2.75) is 25.9 Å². The maximum absolute atomic E-state index is 12.8. The van der Waals surface area contributed by atoms with Gasteiger partial charge in [-0.25, -0.2) is 9.97 Å². The molecule has 2 aromatic heterocycles. The number of hydrogen-bond donors (Lipinski definition) is 0. The summed E-state index contributed by atoms with van der Waals surface area (Å²) in [5.41, 5.74) is 2.23. The van der Waals surface area contributed by atoms with Crippen molar-refractivity contribution in [2.24, 2.45) is 0 Å². The number of nitrogens with zero attached hydrogens (tertiary/aromatic N) is 4. The van der Waals surface area contributed by atoms with E-state index in [1.807, 2.05) is 31.2 Å². The molecular formula is C18H16N4O2. The van der Waals surface area contributed by atoms with Crippen LogP contribution in [0.15, 0.2) is 53.7 Å². The van der Waals surface area contributed by atoms with Gasteiger partial charge in [0.1, 0.15) is 12.9 Å². The first-order valence-corrected chi connectivity index (χ1v) is 7.85. The number of aromatic nitrogens is 3. The Bertz CT molecular complexity index is 995. The third-order valence-corrected chi connectivity index (χ3v) is 4.38. The molecule has 24 heavy (non-hydrogen) atoms. The monoisotopic (exact) mass is 320 g/mol. The van der Waals surface area contributed by atoms with Gasteiger partial charge in [-0.3, -0.25) is 14.2 Å². The zero-order valence-electron chi connectivity index (χ0n) is 13.2. The Morgan fingerprint density at radius 3 is 2.92 bits per heavy atom. The average molecular weight is 320 g/mol. The second kappa shape index (κ2) is 5.56. The second-order valence-corrected chi connectivity index (χ2v) is 6.00. The first-order valence-electron chi connectivity index (χ1n) is 7.85. The molecule has 1 aliphatic rings. The summed E-state index contributed by atoms with van der Waals surface area (Å²) in [6, 6.07) is 11.3. The van der Waals surface area contributed by atoms with Crippen molar-refractivity contribution in [2.75, 3.05) is 4.90 Å². The summed E-state index contributed by atoms with van der Waals surface area (Å²) in [6.45, 7) is 1.98. The summed E-state index contributed by atoms with van der Waals surface area (Å²) < 4.78 is 1.35. The zero-order valence-corrected chi connectivity index (χ0v) is 13.2. The van der Waals surface area contributed by atoms with Gasteiger partial charge in [0.05, 0.1) is 5.39 Å². The molecular weight excluding hydrogens is 304 g/mol. The molecule has 3 heterocycles. The number of benzene rings is 1. The van der Waals surface area contributed by atoms with Crippen molar-refractivity contribution < 1.29 is 4.79 Å². The Balaban J connectivity index is 1.68. The molecule has 0 spiro atoms. The fourth-order valence-corrected chi connectivity index (χ4v) is 3.28. The number of fused-ring (bicyclic) bond motifs is 2. The molecule has 3 aromatic rings. The average Bonchev–Trinajstić information content (AvgIpc) is 2.93. The van der Waals surface area contributed by atoms with Crippen LogP contribution < -0.4 is 10.5 Å². The summed E-state index contributed by atoms with van der Waals surface area (Å²) in [5, 5.41) is 0.419. The standard InChI is InChI=1S/C18H16N4O2/c1-12-9-13-5-2-3-7-15(13)22(12)16(23)10-21-11-20-17-14(18(21)24)6-4-8-19-17/h2-8,11-12H,9-10H2,1H3. The van der Waals surface area contributed by atoms with E-state index in [2.05, 4.69) is 9.97 Å². The number of rotatable bonds is 2. The molecule has 0 N–H and O–H groups in total. The number of anilines is 1. The Hall–Kier alpha value is -3.02. The van der Waals surface area contributed by atoms with Gasteiger partial charge >= 0.3 is 0 Å². The Morgan fingerprint density at radius 2 is 2.04 bits per heavy atom. The van der Waals surface area contributed by atoms with Gasteiger partial charge in [-0.1, -0.05) is 18.2 Å². The molecule has 1 aliphatic heterocycles. The highest BCUT2D eigenvalue weighted by Crippen LogP contribution is 2.31. The van der Waals surface area contributed by atoms with Crippen LogP contribution in [0, 0.1) is 0 Å². The molecule has 1 aromatic carbocycles. The van der Waals surface area contributed by atoms with Gasteiger partial charge in [-0.2, -0.15) is 0 Å². The lowest BCUT2D eigenvalue weighted by atomic mass is 10.1. The predicted octanol–water partition coefficient (Wildman–Crippen LogP) is 1.77. The maximum Gasteiger partial charge on any atom is 0.263 e. The quantitative estimate of drug-likeness (QED) is 0.722. The smallest absolute Gasteiger partial charge is 0.263 e. The van der Waals surface area contributed by atoms with Gasteiger partial charge < -0.3 is 4.90 Å². The highest BCUT2D eigenvalue weighted by Gasteiger charge is 2.30. The van der Waals surface area contributed by atoms with Gasteiger partial charge in [0, 0.05) is 17.9 Å². The first kappa shape index (κ1) is 14.6. The summed E-state index contributed by atoms with van der Waals surface area (Å²) in [6.07, 6.45) is 3.81. The van der Waals surface area contributed by atoms with E-state index in [9.17, 15) is 9.59 Å². The highest BCUT2D eigenvalue weighted by atomic mass is 16.2. The molecule has 0 bridgehead atoms. The molecule has 6 nitrogen and oxygen atoms in total. The maximum atomic E-state index is 12.8. The van der Waals surface area contributed by atoms with Crippen LogP contribution >= 0.6 is 0 Å². The minimum atomic E-state index is -0.249. The molecule has 0 aliphatic carbocycles. The van der Waals surface area contributed by atoms with Crippen LogP contribution in [-0.4, -0.2) is 26.5 Å². The minimum absolute atomic E-state index is 0.0324. The topological polar surface area (TPSA) is 68.1 Å². The number of para-hydroxylation sites is 1. The molecule has 1 amide bonds. The first-order chi connectivity index (χ1) is 11.6. The van der Waals surface area contributed by atoms with E-state index >= 15 is 0 Å². The van der Waals surface area contributed by atoms with Crippen LogP contribution in [0.5, 0.6) is 0 Å². The van der Waals surface area contributed by atoms with Crippen molar-refractivity contribution in [3.05, 3.63) is 64.8 Å². The summed E-state index contributed by atoms with van der Waals surface area (Å²) >= 11 is 0. The largest absolute Gasteiger partial charge is 0.307 e. The van der Waals surface area contributed by atoms with E-state index < -0.39 is 0 Å². The van der Waals surface area contributed by atoms with Crippen molar-refractivity contribution in [1.82, 2.24) is 14.5 Å². The van der Waals surface area contributed by atoms with Crippen molar-refractivity contribution in [1.29, 1.82) is 0 Å². The number of hydrogen-bond acceptors (Lipinski definition) is 4. The molecule has 0 radical (unpaired) electrons. The molecule has 1 atom stereocenters. The third-order valence-electron chi connectivity index (χ3n) is 4.38. The van der Waals surface area contributed by atoms with Crippen molar-refractivity contribution >= 4 is 22.6 Å². The summed E-state index contributed by atoms with van der Waals surface area (Å²) in [4.78, 5) is 35.3. The second-order valence-electron chi connectivity index (χ2n) is 6.00. The van der Waals surface area contributed by atoms with E-state index in [0.29, 0.717) is 11.0 Å². The van der Waals surface area contributed by atoms with E-state index in [4.69, 9.17) is 0 Å². The highest BCUT2D eigenvalue weighted by molar-refractivity contribution is 5.96. The van der Waals surface area contributed by atoms with Gasteiger partial charge in [0.15, 0.2) is 5.65 Å². The Kier molecular flexibility index (Phi) is 3.37. The van der Waals surface area contributed by atoms with Crippen molar-refractivity contribution in [3.8, 4) is 0 Å². The molecule has 4 rings (SSSR count). The lowest BCUT2D eigenvalue weighted by Gasteiger charge is -2.23. The van der Waals surface area contributed by atoms with Gasteiger partial charge in [0.25, 0.3) is 5.56 Å². The van der Waals surface area contributed by atoms with Crippen LogP contribution in [-0.2, 0) is 17.8 Å². The Morgan fingerprint density at radius 1 is 1.21 bits per heavy atom. The van der Waals surface area contributed by atoms with Crippen LogP contribution in [0.1, 0.15) is 12.5 Å². The predicted molar refractivity (Wildman–Crippen MR) is 90.9 cm³/mol. The Labute approximate surface area is 138 Å². The van der Waals surface area contributed by atoms with E-state index in [1.54, 1.807) is 23.2 Å². The van der Waals surface area contributed by atoms with E-state index in [0.717, 1.165) is 17.7 Å². The van der Waals surface area contributed by atoms with Crippen molar-refractivity contribution in [3.63, 3.8) is 0 Å². The number of carbonyl (C=O) groups is 1. The number of carbonyl (C=O) groups excluding carboxylic acids is 1. The third kappa shape index (κ3) is 2.27. The lowest BCUT2D eigenvalue weighted by molar-refractivity contribution is -0.119. The molecule has 0 fully saturated rings. The van der Waals surface area contributed by atoms with E-state index in [1.165, 1.54) is 10.9 Å². The van der Waals surface area contributed by atoms with E-state index in [-0.39, 0.29) is 24.1 Å². The molecule has 120 valence electrons. The lowest BCUT2D eigenvalue weighted by Crippen LogP contribution is -2.40. The van der Waals surface area contributed by atoms with Gasteiger partial charge in [-0.15, -0.1) is 0 Å². The fourth-order valence-electron chi connectivity index (χ4n) is 3.28. The number of amides is 1. The molecule has 6 heteroatoms. The van der Waals surface area contributed by atoms with Gasteiger partial charge in [-0.05, 0) is 37.1 Å². The summed E-state index contributed by atoms with van der Waals surface area (Å²) in [7, 11) is 0.